The van der Waals surface area contributed by atoms with Crippen LogP contribution in [0, 0.1) is 31.0 Å². The van der Waals surface area contributed by atoms with Crippen LogP contribution in [-0.2, 0) is 4.79 Å². The van der Waals surface area contributed by atoms with Gasteiger partial charge in [-0.3, -0.25) is 13.9 Å². The number of halogens is 1. The molecule has 0 radical (unpaired) electrons. The van der Waals surface area contributed by atoms with Gasteiger partial charge in [0.2, 0.25) is 5.91 Å². The third-order valence-electron chi connectivity index (χ3n) is 5.33. The van der Waals surface area contributed by atoms with Gasteiger partial charge in [0.1, 0.15) is 29.8 Å². The number of rotatable bonds is 7. The second-order valence-corrected chi connectivity index (χ2v) is 8.33. The van der Waals surface area contributed by atoms with E-state index in [1.165, 1.54) is 23.9 Å². The van der Waals surface area contributed by atoms with Gasteiger partial charge in [-0.2, -0.15) is 5.26 Å². The molecule has 0 atom stereocenters. The fourth-order valence-corrected chi connectivity index (χ4v) is 4.29. The van der Waals surface area contributed by atoms with Gasteiger partial charge in [-0.1, -0.05) is 23.9 Å². The molecule has 0 aliphatic heterocycles. The Morgan fingerprint density at radius 2 is 1.97 bits per heavy atom. The molecule has 8 nitrogen and oxygen atoms in total. The number of benzene rings is 2. The summed E-state index contributed by atoms with van der Waals surface area (Å²) in [6.45, 7) is 3.62. The maximum absolute atomic E-state index is 13.9. The Morgan fingerprint density at radius 3 is 2.71 bits per heavy atom. The molecule has 10 heteroatoms. The minimum Gasteiger partial charge on any atom is -0.497 e. The van der Waals surface area contributed by atoms with Crippen LogP contribution in [0.5, 0.6) is 5.75 Å². The van der Waals surface area contributed by atoms with Gasteiger partial charge < -0.3 is 10.1 Å². The average molecular weight is 477 g/mol. The van der Waals surface area contributed by atoms with Gasteiger partial charge in [0.05, 0.1) is 29.8 Å². The Kier molecular flexibility index (Phi) is 6.65. The van der Waals surface area contributed by atoms with E-state index in [-0.39, 0.29) is 11.7 Å². The maximum atomic E-state index is 13.9. The summed E-state index contributed by atoms with van der Waals surface area (Å²) in [5.41, 5.74) is 3.10. The molecule has 0 fully saturated rings. The number of carbonyl (C=O) groups is 1. The maximum Gasteiger partial charge on any atom is 0.236 e. The predicted octanol–water partition coefficient (Wildman–Crippen LogP) is 4.43. The highest BCUT2D eigenvalue weighted by atomic mass is 32.2. The number of aromatic nitrogens is 4. The molecule has 4 aromatic rings. The Hall–Kier alpha value is -4.10. The van der Waals surface area contributed by atoms with Gasteiger partial charge in [-0.15, -0.1) is 10.2 Å². The van der Waals surface area contributed by atoms with Crippen molar-refractivity contribution < 1.29 is 13.9 Å². The largest absolute Gasteiger partial charge is 0.497 e. The molecular weight excluding hydrogens is 455 g/mol. The molecule has 2 heterocycles. The van der Waals surface area contributed by atoms with Crippen molar-refractivity contribution in [2.24, 2.45) is 0 Å². The van der Waals surface area contributed by atoms with E-state index in [0.29, 0.717) is 33.5 Å². The highest BCUT2D eigenvalue weighted by Crippen LogP contribution is 2.31. The van der Waals surface area contributed by atoms with Gasteiger partial charge in [-0.25, -0.2) is 4.39 Å². The first-order valence-corrected chi connectivity index (χ1v) is 11.3. The summed E-state index contributed by atoms with van der Waals surface area (Å²) >= 11 is 1.20. The molecule has 1 amide bonds. The summed E-state index contributed by atoms with van der Waals surface area (Å²) < 4.78 is 22.6. The number of hydrogen-bond acceptors (Lipinski definition) is 6. The van der Waals surface area contributed by atoms with E-state index in [1.54, 1.807) is 41.6 Å². The van der Waals surface area contributed by atoms with Gasteiger partial charge in [0.25, 0.3) is 0 Å². The van der Waals surface area contributed by atoms with Crippen molar-refractivity contribution in [3.63, 3.8) is 0 Å². The minimum atomic E-state index is -0.411. The summed E-state index contributed by atoms with van der Waals surface area (Å²) in [4.78, 5) is 12.9. The van der Waals surface area contributed by atoms with Crippen LogP contribution in [0.15, 0.2) is 60.0 Å². The van der Waals surface area contributed by atoms with Crippen LogP contribution >= 0.6 is 11.8 Å². The molecule has 0 aliphatic carbocycles. The van der Waals surface area contributed by atoms with Crippen LogP contribution in [0.1, 0.15) is 16.8 Å². The third-order valence-corrected chi connectivity index (χ3v) is 6.27. The average Bonchev–Trinajstić information content (AvgIpc) is 3.40. The van der Waals surface area contributed by atoms with E-state index in [1.807, 2.05) is 31.2 Å². The zero-order valence-corrected chi connectivity index (χ0v) is 19.6. The number of nitrogens with zero attached hydrogens (tertiary/aromatic N) is 5. The highest BCUT2D eigenvalue weighted by Gasteiger charge is 2.21. The topological polar surface area (TPSA) is 97.8 Å². The van der Waals surface area contributed by atoms with Crippen LogP contribution in [0.3, 0.4) is 0 Å². The highest BCUT2D eigenvalue weighted by molar-refractivity contribution is 7.99. The smallest absolute Gasteiger partial charge is 0.236 e. The number of thioether (sulfide) groups is 1. The summed E-state index contributed by atoms with van der Waals surface area (Å²) in [7, 11) is 1.59. The first-order chi connectivity index (χ1) is 16.4. The van der Waals surface area contributed by atoms with E-state index >= 15 is 0 Å². The second-order valence-electron chi connectivity index (χ2n) is 7.38. The minimum absolute atomic E-state index is 0.0277. The predicted molar refractivity (Wildman–Crippen MR) is 127 cm³/mol. The number of methoxy groups -OCH3 is 1. The second kappa shape index (κ2) is 9.80. The zero-order chi connectivity index (χ0) is 24.2. The number of amides is 1. The molecule has 34 heavy (non-hydrogen) atoms. The summed E-state index contributed by atoms with van der Waals surface area (Å²) in [5.74, 6) is 0.277. The lowest BCUT2D eigenvalue weighted by atomic mass is 10.2. The molecule has 4 rings (SSSR count). The van der Waals surface area contributed by atoms with Crippen molar-refractivity contribution in [3.05, 3.63) is 77.5 Å². The lowest BCUT2D eigenvalue weighted by Crippen LogP contribution is -2.18. The Bertz CT molecular complexity index is 1400. The molecule has 0 bridgehead atoms. The number of anilines is 1. The Morgan fingerprint density at radius 1 is 1.21 bits per heavy atom. The number of nitriles is 1. The van der Waals surface area contributed by atoms with E-state index < -0.39 is 5.82 Å². The number of ether oxygens (including phenoxy) is 1. The molecule has 0 spiro atoms. The molecule has 2 aromatic heterocycles. The van der Waals surface area contributed by atoms with Crippen LogP contribution in [0.25, 0.3) is 11.4 Å². The Labute approximate surface area is 200 Å². The van der Waals surface area contributed by atoms with Crippen LogP contribution in [0.2, 0.25) is 0 Å². The van der Waals surface area contributed by atoms with E-state index in [2.05, 4.69) is 21.6 Å². The quantitative estimate of drug-likeness (QED) is 0.397. The molecule has 172 valence electrons. The third kappa shape index (κ3) is 4.51. The molecule has 0 aliphatic rings. The first-order valence-electron chi connectivity index (χ1n) is 10.3. The van der Waals surface area contributed by atoms with Crippen LogP contribution in [0.4, 0.5) is 10.2 Å². The van der Waals surface area contributed by atoms with E-state index in [9.17, 15) is 14.4 Å². The fourth-order valence-electron chi connectivity index (χ4n) is 3.56. The fraction of sp³-hybridized carbons (Fsp3) is 0.167. The van der Waals surface area contributed by atoms with Gasteiger partial charge >= 0.3 is 0 Å². The lowest BCUT2D eigenvalue weighted by molar-refractivity contribution is -0.113. The van der Waals surface area contributed by atoms with Crippen molar-refractivity contribution in [1.29, 1.82) is 5.26 Å². The SMILES string of the molecule is COc1cccc(-n2cnnc2SCC(=O)Nc2c(C#N)c(C)c(C)n2-c2cccc(F)c2)c1. The van der Waals surface area contributed by atoms with Gasteiger partial charge in [0, 0.05) is 11.8 Å². The van der Waals surface area contributed by atoms with Crippen molar-refractivity contribution in [2.45, 2.75) is 19.0 Å². The molecule has 2 aromatic carbocycles. The summed E-state index contributed by atoms with van der Waals surface area (Å²) in [6.07, 6.45) is 1.56. The molecule has 0 unspecified atom stereocenters. The number of hydrogen-bond donors (Lipinski definition) is 1. The lowest BCUT2D eigenvalue weighted by Gasteiger charge is -2.13. The van der Waals surface area contributed by atoms with Crippen molar-refractivity contribution in [1.82, 2.24) is 19.3 Å². The monoisotopic (exact) mass is 476 g/mol. The molecular formula is C24H21FN6O2S. The van der Waals surface area contributed by atoms with Crippen LogP contribution < -0.4 is 10.1 Å². The molecule has 0 saturated heterocycles. The first kappa shape index (κ1) is 23.1. The number of carbonyl (C=O) groups excluding carboxylic acids is 1. The summed E-state index contributed by atoms with van der Waals surface area (Å²) in [5, 5.41) is 21.1. The van der Waals surface area contributed by atoms with Gasteiger partial charge in [-0.05, 0) is 49.7 Å². The van der Waals surface area contributed by atoms with Crippen molar-refractivity contribution >= 4 is 23.5 Å². The van der Waals surface area contributed by atoms with Crippen molar-refractivity contribution in [3.8, 4) is 23.2 Å². The van der Waals surface area contributed by atoms with E-state index in [0.717, 1.165) is 11.4 Å². The van der Waals surface area contributed by atoms with Crippen molar-refractivity contribution in [2.75, 3.05) is 18.2 Å². The molecule has 0 saturated carbocycles. The van der Waals surface area contributed by atoms with Gasteiger partial charge in [0.15, 0.2) is 5.16 Å². The number of nitrogens with one attached hydrogen (secondary N) is 1. The normalized spacial score (nSPS) is 10.7. The summed E-state index contributed by atoms with van der Waals surface area (Å²) in [6, 6.07) is 15.6. The standard InChI is InChI=1S/C24H21FN6O2S/c1-15-16(2)31(19-8-4-6-17(25)10-19)23(21(15)12-26)28-22(32)13-34-24-29-27-14-30(24)18-7-5-9-20(11-18)33-3/h4-11,14H,13H2,1-3H3,(H,28,32). The van der Waals surface area contributed by atoms with E-state index in [4.69, 9.17) is 4.74 Å². The molecule has 1 N–H and O–H groups in total. The zero-order valence-electron chi connectivity index (χ0n) is 18.7. The Balaban J connectivity index is 1.57. The van der Waals surface area contributed by atoms with Crippen LogP contribution in [-0.4, -0.2) is 38.1 Å².